The van der Waals surface area contributed by atoms with E-state index in [-0.39, 0.29) is 29.2 Å². The van der Waals surface area contributed by atoms with Crippen LogP contribution in [0.15, 0.2) is 0 Å². The van der Waals surface area contributed by atoms with Gasteiger partial charge >= 0.3 is 9.90 Å². The summed E-state index contributed by atoms with van der Waals surface area (Å²) in [6.07, 6.45) is -3.19. The maximum absolute atomic E-state index is 9.54. The molecular weight excluding hydrogens is 319 g/mol. The summed E-state index contributed by atoms with van der Waals surface area (Å²) in [6.45, 7) is 4.20. The second-order valence-electron chi connectivity index (χ2n) is 4.28. The van der Waals surface area contributed by atoms with Crippen LogP contribution in [-0.2, 0) is 14.4 Å². The van der Waals surface area contributed by atoms with Crippen LogP contribution in [0.3, 0.4) is 0 Å². The molecule has 0 saturated heterocycles. The molecule has 3 atom stereocenters. The first-order chi connectivity index (χ1) is 9.38. The molecule has 0 rings (SSSR count). The van der Waals surface area contributed by atoms with Crippen LogP contribution in [0, 0.1) is 0 Å². The van der Waals surface area contributed by atoms with Crippen molar-refractivity contribution in [3.8, 4) is 0 Å². The maximum atomic E-state index is 9.54. The van der Waals surface area contributed by atoms with Gasteiger partial charge in [0.1, 0.15) is 0 Å². The van der Waals surface area contributed by atoms with E-state index in [1.807, 2.05) is 0 Å². The molecule has 0 aromatic carbocycles. The number of hydrogen-bond acceptors (Lipinski definition) is 9. The van der Waals surface area contributed by atoms with Crippen LogP contribution >= 0.6 is 9.90 Å². The first kappa shape index (κ1) is 28.8. The zero-order chi connectivity index (χ0) is 17.6. The third-order valence-corrected chi connectivity index (χ3v) is 1.39. The van der Waals surface area contributed by atoms with Crippen molar-refractivity contribution in [2.75, 3.05) is 0 Å². The molecule has 0 aliphatic rings. The standard InChI is InChI=1S/3C4H8O3.P/c3*1-3(5)2-4(6)7;/h3*3,5H,2H2,1H3,(H,6,7);/q;;;+3/p-3. The van der Waals surface area contributed by atoms with Gasteiger partial charge in [-0.25, -0.2) is 0 Å². The summed E-state index contributed by atoms with van der Waals surface area (Å²) < 4.78 is 0. The van der Waals surface area contributed by atoms with Gasteiger partial charge in [0.2, 0.25) is 0 Å². The summed E-state index contributed by atoms with van der Waals surface area (Å²) in [6, 6.07) is 0. The largest absolute Gasteiger partial charge is 3.00 e. The van der Waals surface area contributed by atoms with Gasteiger partial charge in [-0.05, 0) is 20.8 Å². The van der Waals surface area contributed by atoms with Crippen LogP contribution in [0.4, 0.5) is 0 Å². The Morgan fingerprint density at radius 3 is 0.818 bits per heavy atom. The third kappa shape index (κ3) is 51.1. The average Bonchev–Trinajstić information content (AvgIpc) is 2.10. The van der Waals surface area contributed by atoms with E-state index in [1.54, 1.807) is 0 Å². The van der Waals surface area contributed by atoms with Gasteiger partial charge in [0, 0.05) is 37.2 Å². The van der Waals surface area contributed by atoms with E-state index in [4.69, 9.17) is 15.3 Å². The molecule has 0 aromatic heterocycles. The van der Waals surface area contributed by atoms with Crippen molar-refractivity contribution in [2.45, 2.75) is 58.3 Å². The smallest absolute Gasteiger partial charge is 0.550 e. The Bertz CT molecular complexity index is 255. The molecule has 0 aliphatic carbocycles. The minimum Gasteiger partial charge on any atom is -0.550 e. The number of carbonyl (C=O) groups excluding carboxylic acids is 3. The molecule has 9 nitrogen and oxygen atoms in total. The second kappa shape index (κ2) is 17.8. The van der Waals surface area contributed by atoms with Crippen molar-refractivity contribution < 1.29 is 45.0 Å². The van der Waals surface area contributed by atoms with Crippen molar-refractivity contribution in [1.29, 1.82) is 0 Å². The van der Waals surface area contributed by atoms with E-state index in [9.17, 15) is 29.7 Å². The number of rotatable bonds is 6. The Morgan fingerprint density at radius 1 is 0.682 bits per heavy atom. The van der Waals surface area contributed by atoms with Crippen molar-refractivity contribution in [3.05, 3.63) is 0 Å². The maximum Gasteiger partial charge on any atom is 3.00 e. The Morgan fingerprint density at radius 2 is 0.818 bits per heavy atom. The number of aliphatic hydroxyl groups is 3. The molecule has 128 valence electrons. The molecule has 0 heterocycles. The molecule has 2 radical (unpaired) electrons. The molecule has 10 heteroatoms. The Hall–Kier alpha value is -1.28. The number of hydrogen-bond donors (Lipinski definition) is 3. The molecular formula is C12H21O9P. The molecule has 0 spiro atoms. The van der Waals surface area contributed by atoms with Gasteiger partial charge in [-0.3, -0.25) is 0 Å². The molecule has 0 fully saturated rings. The van der Waals surface area contributed by atoms with Gasteiger partial charge < -0.3 is 45.0 Å². The van der Waals surface area contributed by atoms with E-state index >= 15 is 0 Å². The van der Waals surface area contributed by atoms with E-state index in [0.29, 0.717) is 0 Å². The number of aliphatic hydroxyl groups excluding tert-OH is 3. The Balaban J connectivity index is -0.000000108. The summed E-state index contributed by atoms with van der Waals surface area (Å²) in [5, 5.41) is 53.5. The fourth-order valence-corrected chi connectivity index (χ4v) is 0.724. The minimum absolute atomic E-state index is 0. The van der Waals surface area contributed by atoms with E-state index in [2.05, 4.69) is 0 Å². The molecule has 0 amide bonds. The average molecular weight is 340 g/mol. The van der Waals surface area contributed by atoms with Gasteiger partial charge in [0.25, 0.3) is 0 Å². The Labute approximate surface area is 132 Å². The molecule has 0 bridgehead atoms. The third-order valence-electron chi connectivity index (χ3n) is 1.39. The fourth-order valence-electron chi connectivity index (χ4n) is 0.724. The predicted octanol–water partition coefficient (Wildman–Crippen LogP) is -3.62. The topological polar surface area (TPSA) is 181 Å². The van der Waals surface area contributed by atoms with Crippen molar-refractivity contribution >= 4 is 27.8 Å². The zero-order valence-corrected chi connectivity index (χ0v) is 13.5. The van der Waals surface area contributed by atoms with Gasteiger partial charge in [0.05, 0.1) is 18.3 Å². The van der Waals surface area contributed by atoms with Gasteiger partial charge in [-0.2, -0.15) is 0 Å². The summed E-state index contributed by atoms with van der Waals surface area (Å²) >= 11 is 0. The van der Waals surface area contributed by atoms with E-state index < -0.39 is 36.2 Å². The quantitative estimate of drug-likeness (QED) is 0.411. The molecule has 22 heavy (non-hydrogen) atoms. The van der Waals surface area contributed by atoms with Gasteiger partial charge in [0.15, 0.2) is 0 Å². The van der Waals surface area contributed by atoms with Crippen molar-refractivity contribution in [3.63, 3.8) is 0 Å². The zero-order valence-electron chi connectivity index (χ0n) is 12.6. The summed E-state index contributed by atoms with van der Waals surface area (Å²) in [5.74, 6) is -3.64. The minimum atomic E-state index is -1.21. The number of carboxylic acid groups (broad SMARTS) is 3. The molecule has 3 N–H and O–H groups in total. The van der Waals surface area contributed by atoms with Crippen LogP contribution < -0.4 is 15.3 Å². The van der Waals surface area contributed by atoms with Crippen LogP contribution in [0.25, 0.3) is 0 Å². The SMILES string of the molecule is CC(O)CC(=O)[O-].CC(O)CC(=O)[O-].CC(O)CC(=O)[O-].[P+3]. The number of carboxylic acids is 3. The molecule has 0 aromatic rings. The second-order valence-corrected chi connectivity index (χ2v) is 4.28. The summed E-state index contributed by atoms with van der Waals surface area (Å²) in [4.78, 5) is 28.6. The van der Waals surface area contributed by atoms with Crippen LogP contribution in [0.1, 0.15) is 40.0 Å². The van der Waals surface area contributed by atoms with Gasteiger partial charge in [-0.1, -0.05) is 0 Å². The first-order valence-electron chi connectivity index (χ1n) is 6.02. The van der Waals surface area contributed by atoms with Crippen molar-refractivity contribution in [1.82, 2.24) is 0 Å². The number of aliphatic carboxylic acids is 3. The van der Waals surface area contributed by atoms with Crippen LogP contribution in [0.5, 0.6) is 0 Å². The molecule has 0 saturated carbocycles. The predicted molar refractivity (Wildman–Crippen MR) is 70.8 cm³/mol. The number of carbonyl (C=O) groups is 3. The summed E-state index contributed by atoms with van der Waals surface area (Å²) in [5.41, 5.74) is 0. The normalized spacial score (nSPS) is 12.8. The van der Waals surface area contributed by atoms with Crippen molar-refractivity contribution in [2.24, 2.45) is 0 Å². The first-order valence-corrected chi connectivity index (χ1v) is 6.02. The van der Waals surface area contributed by atoms with Gasteiger partial charge in [-0.15, -0.1) is 0 Å². The molecule has 3 unspecified atom stereocenters. The van der Waals surface area contributed by atoms with E-state index in [0.717, 1.165) is 0 Å². The Kier molecular flexibility index (Phi) is 23.3. The summed E-state index contributed by atoms with van der Waals surface area (Å²) in [7, 11) is 0. The molecule has 0 aliphatic heterocycles. The van der Waals surface area contributed by atoms with Crippen LogP contribution in [-0.4, -0.2) is 51.5 Å². The van der Waals surface area contributed by atoms with E-state index in [1.165, 1.54) is 20.8 Å². The fraction of sp³-hybridized carbons (Fsp3) is 0.750. The monoisotopic (exact) mass is 340 g/mol. The van der Waals surface area contributed by atoms with Crippen LogP contribution in [0.2, 0.25) is 0 Å².